The van der Waals surface area contributed by atoms with Crippen molar-refractivity contribution in [3.63, 3.8) is 0 Å². The van der Waals surface area contributed by atoms with E-state index in [9.17, 15) is 4.79 Å². The van der Waals surface area contributed by atoms with Gasteiger partial charge in [-0.05, 0) is 65.2 Å². The monoisotopic (exact) mass is 324 g/mol. The maximum absolute atomic E-state index is 12.6. The van der Waals surface area contributed by atoms with Gasteiger partial charge in [0, 0.05) is 11.5 Å². The summed E-state index contributed by atoms with van der Waals surface area (Å²) in [4.78, 5) is 12.6. The number of ketones is 1. The molecule has 0 heterocycles. The first kappa shape index (κ1) is 14.6. The summed E-state index contributed by atoms with van der Waals surface area (Å²) >= 11 is 3.45. The van der Waals surface area contributed by atoms with Gasteiger partial charge in [0.05, 0.1) is 11.6 Å². The highest BCUT2D eigenvalue weighted by Crippen LogP contribution is 2.35. The molecule has 0 radical (unpaired) electrons. The fourth-order valence-corrected chi connectivity index (χ4v) is 3.76. The number of benzene rings is 1. The Morgan fingerprint density at radius 2 is 1.84 bits per heavy atom. The molecule has 1 aliphatic carbocycles. The van der Waals surface area contributed by atoms with Crippen LogP contribution in [0.3, 0.4) is 0 Å². The highest BCUT2D eigenvalue weighted by molar-refractivity contribution is 9.10. The number of rotatable bonds is 3. The van der Waals surface area contributed by atoms with Crippen molar-refractivity contribution in [2.45, 2.75) is 33.1 Å². The molecule has 2 nitrogen and oxygen atoms in total. The van der Waals surface area contributed by atoms with Crippen LogP contribution in [-0.2, 0) is 0 Å². The van der Waals surface area contributed by atoms with Gasteiger partial charge in [-0.3, -0.25) is 4.79 Å². The van der Waals surface area contributed by atoms with Crippen molar-refractivity contribution >= 4 is 21.7 Å². The Bertz CT molecular complexity index is 460. The van der Waals surface area contributed by atoms with E-state index in [1.54, 1.807) is 7.11 Å². The number of Topliss-reactive ketones (excluding diaryl/α,β-unsaturated/α-hetero) is 1. The lowest BCUT2D eigenvalue weighted by Gasteiger charge is -2.30. The quantitative estimate of drug-likeness (QED) is 0.752. The highest BCUT2D eigenvalue weighted by atomic mass is 79.9. The van der Waals surface area contributed by atoms with Crippen LogP contribution in [0.2, 0.25) is 0 Å². The molecule has 1 aliphatic rings. The van der Waals surface area contributed by atoms with Crippen LogP contribution in [0.4, 0.5) is 0 Å². The standard InChI is InChI=1S/C16H21BrO2/c1-10-6-11(2)8-13(7-10)16(18)12-4-5-15(19-3)14(17)9-12/h4-5,9-11,13H,6-8H2,1-3H3. The largest absolute Gasteiger partial charge is 0.496 e. The topological polar surface area (TPSA) is 26.3 Å². The van der Waals surface area contributed by atoms with Gasteiger partial charge in [-0.25, -0.2) is 0 Å². The van der Waals surface area contributed by atoms with Crippen LogP contribution >= 0.6 is 15.9 Å². The summed E-state index contributed by atoms with van der Waals surface area (Å²) in [7, 11) is 1.63. The first-order chi connectivity index (χ1) is 9.01. The molecule has 2 rings (SSSR count). The Kier molecular flexibility index (Phi) is 4.67. The van der Waals surface area contributed by atoms with E-state index in [4.69, 9.17) is 4.74 Å². The first-order valence-corrected chi connectivity index (χ1v) is 7.68. The second kappa shape index (κ2) is 6.08. The van der Waals surface area contributed by atoms with E-state index in [-0.39, 0.29) is 11.7 Å². The molecule has 0 amide bonds. The van der Waals surface area contributed by atoms with Gasteiger partial charge in [0.2, 0.25) is 0 Å². The average molecular weight is 325 g/mol. The van der Waals surface area contributed by atoms with Gasteiger partial charge in [0.1, 0.15) is 5.75 Å². The zero-order valence-corrected chi connectivity index (χ0v) is 13.4. The van der Waals surface area contributed by atoms with Gasteiger partial charge >= 0.3 is 0 Å². The number of carbonyl (C=O) groups is 1. The molecule has 0 spiro atoms. The molecule has 0 N–H and O–H groups in total. The van der Waals surface area contributed by atoms with Crippen molar-refractivity contribution in [2.75, 3.05) is 7.11 Å². The van der Waals surface area contributed by atoms with Crippen molar-refractivity contribution < 1.29 is 9.53 Å². The van der Waals surface area contributed by atoms with E-state index in [0.717, 1.165) is 28.6 Å². The van der Waals surface area contributed by atoms with Crippen molar-refractivity contribution in [3.8, 4) is 5.75 Å². The minimum Gasteiger partial charge on any atom is -0.496 e. The summed E-state index contributed by atoms with van der Waals surface area (Å²) in [5.74, 6) is 2.53. The predicted molar refractivity (Wildman–Crippen MR) is 80.7 cm³/mol. The Hall–Kier alpha value is -0.830. The third-order valence-corrected chi connectivity index (χ3v) is 4.61. The zero-order valence-electron chi connectivity index (χ0n) is 11.8. The number of methoxy groups -OCH3 is 1. The molecule has 1 fully saturated rings. The molecule has 0 bridgehead atoms. The number of hydrogen-bond acceptors (Lipinski definition) is 2. The summed E-state index contributed by atoms with van der Waals surface area (Å²) in [5.41, 5.74) is 0.791. The fraction of sp³-hybridized carbons (Fsp3) is 0.562. The van der Waals surface area contributed by atoms with Crippen LogP contribution in [0, 0.1) is 17.8 Å². The summed E-state index contributed by atoms with van der Waals surface area (Å²) in [6.07, 6.45) is 3.29. The smallest absolute Gasteiger partial charge is 0.166 e. The summed E-state index contributed by atoms with van der Waals surface area (Å²) in [6, 6.07) is 5.61. The lowest BCUT2D eigenvalue weighted by atomic mass is 9.74. The van der Waals surface area contributed by atoms with Gasteiger partial charge < -0.3 is 4.74 Å². The van der Waals surface area contributed by atoms with Crippen LogP contribution in [0.1, 0.15) is 43.5 Å². The van der Waals surface area contributed by atoms with E-state index < -0.39 is 0 Å². The molecule has 104 valence electrons. The highest BCUT2D eigenvalue weighted by Gasteiger charge is 2.29. The molecule has 1 saturated carbocycles. The van der Waals surface area contributed by atoms with Gasteiger partial charge in [0.25, 0.3) is 0 Å². The van der Waals surface area contributed by atoms with Crippen LogP contribution in [0.15, 0.2) is 22.7 Å². The van der Waals surface area contributed by atoms with Crippen molar-refractivity contribution in [3.05, 3.63) is 28.2 Å². The van der Waals surface area contributed by atoms with Crippen LogP contribution < -0.4 is 4.74 Å². The Morgan fingerprint density at radius 1 is 1.21 bits per heavy atom. The van der Waals surface area contributed by atoms with Crippen LogP contribution in [-0.4, -0.2) is 12.9 Å². The van der Waals surface area contributed by atoms with Gasteiger partial charge in [0.15, 0.2) is 5.78 Å². The lowest BCUT2D eigenvalue weighted by molar-refractivity contribution is 0.0836. The maximum atomic E-state index is 12.6. The minimum atomic E-state index is 0.180. The molecular formula is C16H21BrO2. The Morgan fingerprint density at radius 3 is 2.37 bits per heavy atom. The molecule has 1 aromatic rings. The molecule has 19 heavy (non-hydrogen) atoms. The molecule has 2 unspecified atom stereocenters. The average Bonchev–Trinajstić information content (AvgIpc) is 2.36. The zero-order chi connectivity index (χ0) is 14.0. The van der Waals surface area contributed by atoms with Gasteiger partial charge in [-0.2, -0.15) is 0 Å². The Balaban J connectivity index is 2.17. The van der Waals surface area contributed by atoms with E-state index in [1.165, 1.54) is 6.42 Å². The third-order valence-electron chi connectivity index (χ3n) is 3.99. The van der Waals surface area contributed by atoms with E-state index >= 15 is 0 Å². The molecule has 0 aromatic heterocycles. The summed E-state index contributed by atoms with van der Waals surface area (Å²) in [6.45, 7) is 4.50. The van der Waals surface area contributed by atoms with Crippen LogP contribution in [0.25, 0.3) is 0 Å². The molecule has 0 aliphatic heterocycles. The number of carbonyl (C=O) groups excluding carboxylic acids is 1. The minimum absolute atomic E-state index is 0.180. The number of ether oxygens (including phenoxy) is 1. The summed E-state index contributed by atoms with van der Waals surface area (Å²) in [5, 5.41) is 0. The van der Waals surface area contributed by atoms with E-state index in [2.05, 4.69) is 29.8 Å². The normalized spacial score (nSPS) is 27.1. The molecular weight excluding hydrogens is 304 g/mol. The second-order valence-corrected chi connectivity index (χ2v) is 6.68. The number of hydrogen-bond donors (Lipinski definition) is 0. The molecule has 2 atom stereocenters. The van der Waals surface area contributed by atoms with Gasteiger partial charge in [-0.15, -0.1) is 0 Å². The second-order valence-electron chi connectivity index (χ2n) is 5.83. The van der Waals surface area contributed by atoms with Crippen LogP contribution in [0.5, 0.6) is 5.75 Å². The molecule has 3 heteroatoms. The molecule has 1 aromatic carbocycles. The van der Waals surface area contributed by atoms with Gasteiger partial charge in [-0.1, -0.05) is 13.8 Å². The number of halogens is 1. The summed E-state index contributed by atoms with van der Waals surface area (Å²) < 4.78 is 6.05. The maximum Gasteiger partial charge on any atom is 0.166 e. The van der Waals surface area contributed by atoms with E-state index in [1.807, 2.05) is 18.2 Å². The van der Waals surface area contributed by atoms with E-state index in [0.29, 0.717) is 11.8 Å². The Labute approximate surface area is 123 Å². The van der Waals surface area contributed by atoms with Crippen molar-refractivity contribution in [2.24, 2.45) is 17.8 Å². The molecule has 0 saturated heterocycles. The first-order valence-electron chi connectivity index (χ1n) is 6.89. The third kappa shape index (κ3) is 3.38. The van der Waals surface area contributed by atoms with Crippen molar-refractivity contribution in [1.29, 1.82) is 0 Å². The lowest BCUT2D eigenvalue weighted by Crippen LogP contribution is -2.26. The predicted octanol–water partition coefficient (Wildman–Crippen LogP) is 4.71. The SMILES string of the molecule is COc1ccc(C(=O)C2CC(C)CC(C)C2)cc1Br. The fourth-order valence-electron chi connectivity index (χ4n) is 3.22. The van der Waals surface area contributed by atoms with Crippen molar-refractivity contribution in [1.82, 2.24) is 0 Å².